The maximum absolute atomic E-state index is 11.8. The van der Waals surface area contributed by atoms with Gasteiger partial charge in [-0.15, -0.1) is 0 Å². The Morgan fingerprint density at radius 2 is 2.06 bits per heavy atom. The number of carbonyl (C=O) groups is 1. The van der Waals surface area contributed by atoms with Gasteiger partial charge in [-0.3, -0.25) is 4.98 Å². The molecule has 0 N–H and O–H groups in total. The highest BCUT2D eigenvalue weighted by atomic mass is 35.5. The molecule has 17 heavy (non-hydrogen) atoms. The van der Waals surface area contributed by atoms with Crippen LogP contribution < -0.4 is 0 Å². The standard InChI is InChI=1S/C12H15ClN2O2/c1-8-2-4-9(5-3-8)17-12(16)10-6-14-7-11(13)15-10/h6-9H,2-5H2,1H3. The molecule has 1 aromatic rings. The second-order valence-corrected chi connectivity index (χ2v) is 4.90. The Bertz CT molecular complexity index is 403. The number of ether oxygens (including phenoxy) is 1. The van der Waals surface area contributed by atoms with Crippen LogP contribution in [-0.2, 0) is 4.74 Å². The van der Waals surface area contributed by atoms with E-state index >= 15 is 0 Å². The summed E-state index contributed by atoms with van der Waals surface area (Å²) in [6, 6.07) is 0. The predicted octanol–water partition coefficient (Wildman–Crippen LogP) is 2.87. The maximum atomic E-state index is 11.8. The molecule has 0 amide bonds. The van der Waals surface area contributed by atoms with Crippen LogP contribution in [0.25, 0.3) is 0 Å². The lowest BCUT2D eigenvalue weighted by Crippen LogP contribution is -2.24. The minimum absolute atomic E-state index is 0.0134. The van der Waals surface area contributed by atoms with Gasteiger partial charge in [0.15, 0.2) is 5.69 Å². The van der Waals surface area contributed by atoms with Gasteiger partial charge in [-0.25, -0.2) is 9.78 Å². The van der Waals surface area contributed by atoms with E-state index in [-0.39, 0.29) is 17.0 Å². The molecule has 4 nitrogen and oxygen atoms in total. The van der Waals surface area contributed by atoms with Crippen molar-refractivity contribution < 1.29 is 9.53 Å². The van der Waals surface area contributed by atoms with Crippen molar-refractivity contribution in [3.8, 4) is 0 Å². The summed E-state index contributed by atoms with van der Waals surface area (Å²) >= 11 is 5.67. The zero-order valence-electron chi connectivity index (χ0n) is 9.73. The Hall–Kier alpha value is -1.16. The van der Waals surface area contributed by atoms with Crippen LogP contribution >= 0.6 is 11.6 Å². The normalized spacial score (nSPS) is 24.4. The summed E-state index contributed by atoms with van der Waals surface area (Å²) in [5.74, 6) is 0.301. The summed E-state index contributed by atoms with van der Waals surface area (Å²) in [6.45, 7) is 2.22. The fourth-order valence-corrected chi connectivity index (χ4v) is 2.15. The molecule has 0 atom stereocenters. The van der Waals surface area contributed by atoms with Crippen molar-refractivity contribution in [2.75, 3.05) is 0 Å². The van der Waals surface area contributed by atoms with E-state index in [0.29, 0.717) is 0 Å². The minimum atomic E-state index is -0.431. The molecule has 0 aromatic carbocycles. The fraction of sp³-hybridized carbons (Fsp3) is 0.583. The van der Waals surface area contributed by atoms with Crippen molar-refractivity contribution in [3.05, 3.63) is 23.2 Å². The maximum Gasteiger partial charge on any atom is 0.358 e. The molecular formula is C12H15ClN2O2. The summed E-state index contributed by atoms with van der Waals surface area (Å²) in [6.07, 6.45) is 6.86. The van der Waals surface area contributed by atoms with E-state index in [4.69, 9.17) is 16.3 Å². The number of hydrogen-bond acceptors (Lipinski definition) is 4. The molecule has 0 bridgehead atoms. The molecule has 1 aliphatic rings. The molecule has 0 radical (unpaired) electrons. The van der Waals surface area contributed by atoms with E-state index in [9.17, 15) is 4.79 Å². The van der Waals surface area contributed by atoms with Crippen LogP contribution in [0, 0.1) is 5.92 Å². The van der Waals surface area contributed by atoms with Crippen molar-refractivity contribution in [3.63, 3.8) is 0 Å². The van der Waals surface area contributed by atoms with E-state index in [0.717, 1.165) is 31.6 Å². The summed E-state index contributed by atoms with van der Waals surface area (Å²) in [5.41, 5.74) is 0.177. The highest BCUT2D eigenvalue weighted by Crippen LogP contribution is 2.26. The molecule has 1 aromatic heterocycles. The van der Waals surface area contributed by atoms with Gasteiger partial charge in [0.2, 0.25) is 0 Å². The highest BCUT2D eigenvalue weighted by Gasteiger charge is 2.22. The third-order valence-electron chi connectivity index (χ3n) is 3.05. The van der Waals surface area contributed by atoms with Crippen LogP contribution in [0.2, 0.25) is 5.15 Å². The van der Waals surface area contributed by atoms with Gasteiger partial charge in [-0.2, -0.15) is 0 Å². The number of nitrogens with zero attached hydrogens (tertiary/aromatic N) is 2. The van der Waals surface area contributed by atoms with Crippen LogP contribution in [0.5, 0.6) is 0 Å². The smallest absolute Gasteiger partial charge is 0.358 e. The minimum Gasteiger partial charge on any atom is -0.458 e. The number of rotatable bonds is 2. The molecule has 92 valence electrons. The molecule has 2 rings (SSSR count). The molecule has 0 spiro atoms. The number of halogens is 1. The third kappa shape index (κ3) is 3.40. The lowest BCUT2D eigenvalue weighted by Gasteiger charge is -2.25. The molecule has 0 aliphatic heterocycles. The first-order valence-electron chi connectivity index (χ1n) is 5.83. The first kappa shape index (κ1) is 12.3. The lowest BCUT2D eigenvalue weighted by atomic mass is 9.89. The molecular weight excluding hydrogens is 240 g/mol. The van der Waals surface area contributed by atoms with Gasteiger partial charge in [-0.05, 0) is 31.6 Å². The zero-order valence-corrected chi connectivity index (χ0v) is 10.5. The monoisotopic (exact) mass is 254 g/mol. The lowest BCUT2D eigenvalue weighted by molar-refractivity contribution is 0.0167. The summed E-state index contributed by atoms with van der Waals surface area (Å²) in [5, 5.41) is 0.205. The van der Waals surface area contributed by atoms with Crippen LogP contribution in [0.1, 0.15) is 43.1 Å². The largest absolute Gasteiger partial charge is 0.458 e. The predicted molar refractivity (Wildman–Crippen MR) is 63.9 cm³/mol. The van der Waals surface area contributed by atoms with Crippen molar-refractivity contribution >= 4 is 17.6 Å². The molecule has 0 saturated heterocycles. The molecule has 5 heteroatoms. The first-order valence-corrected chi connectivity index (χ1v) is 6.21. The van der Waals surface area contributed by atoms with Crippen molar-refractivity contribution in [1.29, 1.82) is 0 Å². The van der Waals surface area contributed by atoms with E-state index in [1.807, 2.05) is 0 Å². The molecule has 1 heterocycles. The van der Waals surface area contributed by atoms with Crippen molar-refractivity contribution in [2.45, 2.75) is 38.7 Å². The van der Waals surface area contributed by atoms with Crippen LogP contribution in [0.4, 0.5) is 0 Å². The second-order valence-electron chi connectivity index (χ2n) is 4.51. The second kappa shape index (κ2) is 5.45. The summed E-state index contributed by atoms with van der Waals surface area (Å²) in [4.78, 5) is 19.5. The Labute approximate surface area is 105 Å². The number of hydrogen-bond donors (Lipinski definition) is 0. The van der Waals surface area contributed by atoms with Gasteiger partial charge in [-0.1, -0.05) is 18.5 Å². The molecule has 0 unspecified atom stereocenters. The SMILES string of the molecule is CC1CCC(OC(=O)c2cncc(Cl)n2)CC1. The van der Waals surface area contributed by atoms with E-state index in [1.54, 1.807) is 0 Å². The van der Waals surface area contributed by atoms with E-state index in [2.05, 4.69) is 16.9 Å². The topological polar surface area (TPSA) is 52.1 Å². The van der Waals surface area contributed by atoms with Gasteiger partial charge in [0.25, 0.3) is 0 Å². The van der Waals surface area contributed by atoms with Gasteiger partial charge < -0.3 is 4.74 Å². The highest BCUT2D eigenvalue weighted by molar-refractivity contribution is 6.29. The molecule has 1 fully saturated rings. The van der Waals surface area contributed by atoms with Gasteiger partial charge in [0, 0.05) is 0 Å². The van der Waals surface area contributed by atoms with Gasteiger partial charge in [0.1, 0.15) is 11.3 Å². The van der Waals surface area contributed by atoms with Crippen LogP contribution in [0.3, 0.4) is 0 Å². The van der Waals surface area contributed by atoms with Crippen molar-refractivity contribution in [1.82, 2.24) is 9.97 Å². The Balaban J connectivity index is 1.93. The molecule has 1 saturated carbocycles. The van der Waals surface area contributed by atoms with E-state index < -0.39 is 5.97 Å². The average molecular weight is 255 g/mol. The number of esters is 1. The average Bonchev–Trinajstić information content (AvgIpc) is 2.32. The Morgan fingerprint density at radius 3 is 2.71 bits per heavy atom. The van der Waals surface area contributed by atoms with Crippen LogP contribution in [-0.4, -0.2) is 22.0 Å². The Morgan fingerprint density at radius 1 is 1.35 bits per heavy atom. The van der Waals surface area contributed by atoms with Crippen LogP contribution in [0.15, 0.2) is 12.4 Å². The number of aromatic nitrogens is 2. The van der Waals surface area contributed by atoms with Gasteiger partial charge in [0.05, 0.1) is 12.4 Å². The fourth-order valence-electron chi connectivity index (χ4n) is 2.00. The van der Waals surface area contributed by atoms with E-state index in [1.165, 1.54) is 12.4 Å². The first-order chi connectivity index (χ1) is 8.15. The quantitative estimate of drug-likeness (QED) is 0.762. The van der Waals surface area contributed by atoms with Crippen molar-refractivity contribution in [2.24, 2.45) is 5.92 Å². The molecule has 1 aliphatic carbocycles. The van der Waals surface area contributed by atoms with Gasteiger partial charge >= 0.3 is 5.97 Å². The number of carbonyl (C=O) groups excluding carboxylic acids is 1. The zero-order chi connectivity index (χ0) is 12.3. The summed E-state index contributed by atoms with van der Waals surface area (Å²) in [7, 11) is 0. The Kier molecular flexibility index (Phi) is 3.94. The third-order valence-corrected chi connectivity index (χ3v) is 3.23. The summed E-state index contributed by atoms with van der Waals surface area (Å²) < 4.78 is 5.38.